The van der Waals surface area contributed by atoms with E-state index in [9.17, 15) is 13.9 Å². The molecule has 23 heavy (non-hydrogen) atoms. The maximum Gasteiger partial charge on any atom is 0.218 e. The van der Waals surface area contributed by atoms with Crippen molar-refractivity contribution in [1.29, 1.82) is 0 Å². The maximum absolute atomic E-state index is 13.5. The summed E-state index contributed by atoms with van der Waals surface area (Å²) < 4.78 is 26.4. The van der Waals surface area contributed by atoms with Crippen molar-refractivity contribution in [3.8, 4) is 5.88 Å². The van der Waals surface area contributed by atoms with Crippen LogP contribution in [0.15, 0.2) is 52.7 Å². The standard InChI is InChI=1S/C15H10F2N4OS/c16-8-5-6-12(10(17)7-8)19-15(23)21-20-13-9-3-1-2-4-11(9)18-14(13)22/h1-7,18,22H,(H,19,23). The molecule has 5 nitrogen and oxygen atoms in total. The average Bonchev–Trinajstić information content (AvgIpc) is 2.83. The van der Waals surface area contributed by atoms with Crippen molar-refractivity contribution in [1.82, 2.24) is 4.98 Å². The Morgan fingerprint density at radius 1 is 1.17 bits per heavy atom. The fourth-order valence-corrected chi connectivity index (χ4v) is 2.19. The predicted octanol–water partition coefficient (Wildman–Crippen LogP) is 4.63. The summed E-state index contributed by atoms with van der Waals surface area (Å²) in [4.78, 5) is 2.75. The van der Waals surface area contributed by atoms with E-state index < -0.39 is 11.6 Å². The van der Waals surface area contributed by atoms with Gasteiger partial charge in [0, 0.05) is 11.5 Å². The summed E-state index contributed by atoms with van der Waals surface area (Å²) in [6.45, 7) is 0. The number of hydrogen-bond donors (Lipinski definition) is 3. The molecule has 0 atom stereocenters. The molecule has 0 saturated heterocycles. The van der Waals surface area contributed by atoms with E-state index in [1.807, 2.05) is 6.07 Å². The second-order valence-electron chi connectivity index (χ2n) is 4.62. The van der Waals surface area contributed by atoms with Crippen LogP contribution >= 0.6 is 12.2 Å². The van der Waals surface area contributed by atoms with Gasteiger partial charge in [-0.1, -0.05) is 18.2 Å². The van der Waals surface area contributed by atoms with Gasteiger partial charge in [-0.3, -0.25) is 0 Å². The monoisotopic (exact) mass is 332 g/mol. The van der Waals surface area contributed by atoms with E-state index in [1.54, 1.807) is 18.2 Å². The van der Waals surface area contributed by atoms with E-state index in [1.165, 1.54) is 6.07 Å². The predicted molar refractivity (Wildman–Crippen MR) is 87.1 cm³/mol. The highest BCUT2D eigenvalue weighted by Gasteiger charge is 2.10. The third-order valence-electron chi connectivity index (χ3n) is 3.07. The summed E-state index contributed by atoms with van der Waals surface area (Å²) in [5, 5.41) is 20.5. The first kappa shape index (κ1) is 15.0. The minimum absolute atomic E-state index is 0.0153. The molecule has 0 bridgehead atoms. The molecule has 0 fully saturated rings. The number of hydrogen-bond acceptors (Lipinski definition) is 3. The lowest BCUT2D eigenvalue weighted by atomic mass is 10.2. The van der Waals surface area contributed by atoms with Gasteiger partial charge in [-0.2, -0.15) is 0 Å². The number of nitrogens with one attached hydrogen (secondary N) is 2. The third kappa shape index (κ3) is 3.16. The zero-order valence-electron chi connectivity index (χ0n) is 11.5. The first-order valence-corrected chi connectivity index (χ1v) is 6.93. The lowest BCUT2D eigenvalue weighted by Gasteiger charge is -2.04. The summed E-state index contributed by atoms with van der Waals surface area (Å²) >= 11 is 4.94. The van der Waals surface area contributed by atoms with Gasteiger partial charge >= 0.3 is 0 Å². The largest absolute Gasteiger partial charge is 0.493 e. The average molecular weight is 332 g/mol. The normalized spacial score (nSPS) is 11.2. The minimum atomic E-state index is -0.794. The fraction of sp³-hybridized carbons (Fsp3) is 0. The van der Waals surface area contributed by atoms with Gasteiger partial charge in [0.15, 0.2) is 5.69 Å². The number of nitrogens with zero attached hydrogens (tertiary/aromatic N) is 2. The van der Waals surface area contributed by atoms with Crippen LogP contribution in [0.4, 0.5) is 20.2 Å². The van der Waals surface area contributed by atoms with Gasteiger partial charge < -0.3 is 15.4 Å². The Balaban J connectivity index is 1.81. The molecule has 3 rings (SSSR count). The highest BCUT2D eigenvalue weighted by molar-refractivity contribution is 7.80. The number of halogens is 2. The molecule has 1 aromatic heterocycles. The van der Waals surface area contributed by atoms with Crippen molar-refractivity contribution >= 4 is 39.6 Å². The van der Waals surface area contributed by atoms with E-state index in [0.29, 0.717) is 10.9 Å². The number of fused-ring (bicyclic) bond motifs is 1. The maximum atomic E-state index is 13.5. The van der Waals surface area contributed by atoms with Crippen LogP contribution in [0.5, 0.6) is 5.88 Å². The Kier molecular flexibility index (Phi) is 3.98. The third-order valence-corrected chi connectivity index (χ3v) is 3.26. The van der Waals surface area contributed by atoms with E-state index in [0.717, 1.165) is 12.1 Å². The molecule has 3 N–H and O–H groups in total. The molecule has 3 aromatic rings. The molecule has 0 radical (unpaired) electrons. The first-order valence-electron chi connectivity index (χ1n) is 6.52. The minimum Gasteiger partial charge on any atom is -0.493 e. The zero-order valence-corrected chi connectivity index (χ0v) is 12.4. The van der Waals surface area contributed by atoms with Crippen LogP contribution in [0.3, 0.4) is 0 Å². The Morgan fingerprint density at radius 2 is 1.96 bits per heavy atom. The van der Waals surface area contributed by atoms with Crippen molar-refractivity contribution in [3.05, 3.63) is 54.1 Å². The zero-order chi connectivity index (χ0) is 16.4. The Morgan fingerprint density at radius 3 is 2.74 bits per heavy atom. The van der Waals surface area contributed by atoms with Crippen LogP contribution in [0, 0.1) is 11.6 Å². The number of para-hydroxylation sites is 1. The summed E-state index contributed by atoms with van der Waals surface area (Å²) in [6, 6.07) is 10.2. The Bertz CT molecular complexity index is 923. The number of azo groups is 1. The fourth-order valence-electron chi connectivity index (χ4n) is 2.04. The van der Waals surface area contributed by atoms with Gasteiger partial charge in [0.2, 0.25) is 11.0 Å². The molecule has 1 heterocycles. The molecule has 0 aliphatic heterocycles. The highest BCUT2D eigenvalue weighted by Crippen LogP contribution is 2.35. The SMILES string of the molecule is Oc1[nH]c2ccccc2c1N=NC(=S)Nc1ccc(F)cc1F. The van der Waals surface area contributed by atoms with Gasteiger partial charge in [-0.25, -0.2) is 8.78 Å². The second-order valence-corrected chi connectivity index (χ2v) is 5.01. The molecule has 0 aliphatic carbocycles. The molecule has 116 valence electrons. The Labute approximate surface area is 134 Å². The molecule has 2 aromatic carbocycles. The van der Waals surface area contributed by atoms with Gasteiger partial charge in [-0.05, 0) is 30.4 Å². The van der Waals surface area contributed by atoms with Crippen LogP contribution in [0.2, 0.25) is 0 Å². The van der Waals surface area contributed by atoms with Crippen LogP contribution < -0.4 is 5.32 Å². The van der Waals surface area contributed by atoms with Crippen LogP contribution in [0.25, 0.3) is 10.9 Å². The number of aromatic hydroxyl groups is 1. The van der Waals surface area contributed by atoms with Crippen molar-refractivity contribution in [2.75, 3.05) is 5.32 Å². The van der Waals surface area contributed by atoms with Crippen molar-refractivity contribution in [3.63, 3.8) is 0 Å². The first-order chi connectivity index (χ1) is 11.0. The molecule has 0 aliphatic rings. The molecule has 0 spiro atoms. The molecule has 8 heteroatoms. The van der Waals surface area contributed by atoms with Gasteiger partial charge in [0.25, 0.3) is 0 Å². The lowest BCUT2D eigenvalue weighted by molar-refractivity contribution is 0.459. The number of anilines is 1. The number of aromatic amines is 1. The number of aromatic nitrogens is 1. The quantitative estimate of drug-likeness (QED) is 0.473. The van der Waals surface area contributed by atoms with Crippen LogP contribution in [-0.2, 0) is 0 Å². The topological polar surface area (TPSA) is 72.8 Å². The number of benzene rings is 2. The summed E-state index contributed by atoms with van der Waals surface area (Å²) in [5.41, 5.74) is 0.908. The van der Waals surface area contributed by atoms with Crippen molar-refractivity contribution in [2.24, 2.45) is 10.2 Å². The van der Waals surface area contributed by atoms with E-state index in [2.05, 4.69) is 20.5 Å². The summed E-state index contributed by atoms with van der Waals surface area (Å²) in [6.07, 6.45) is 0. The van der Waals surface area contributed by atoms with Crippen molar-refractivity contribution in [2.45, 2.75) is 0 Å². The molecule has 0 amide bonds. The molecule has 0 saturated carbocycles. The molecule has 0 unspecified atom stereocenters. The number of rotatable bonds is 2. The van der Waals surface area contributed by atoms with E-state index in [-0.39, 0.29) is 22.4 Å². The van der Waals surface area contributed by atoms with E-state index in [4.69, 9.17) is 12.2 Å². The van der Waals surface area contributed by atoms with Gasteiger partial charge in [-0.15, -0.1) is 10.2 Å². The number of thiocarbonyl (C=S) groups is 1. The highest BCUT2D eigenvalue weighted by atomic mass is 32.1. The lowest BCUT2D eigenvalue weighted by Crippen LogP contribution is -2.06. The second kappa shape index (κ2) is 6.09. The molecular formula is C15H10F2N4OS. The van der Waals surface area contributed by atoms with Crippen LogP contribution in [0.1, 0.15) is 0 Å². The summed E-state index contributed by atoms with van der Waals surface area (Å²) in [7, 11) is 0. The van der Waals surface area contributed by atoms with E-state index >= 15 is 0 Å². The van der Waals surface area contributed by atoms with Crippen molar-refractivity contribution < 1.29 is 13.9 Å². The van der Waals surface area contributed by atoms with Gasteiger partial charge in [0.05, 0.1) is 11.2 Å². The van der Waals surface area contributed by atoms with Crippen LogP contribution in [-0.4, -0.2) is 15.2 Å². The molecular weight excluding hydrogens is 322 g/mol. The summed E-state index contributed by atoms with van der Waals surface area (Å²) in [5.74, 6) is -1.63. The van der Waals surface area contributed by atoms with Gasteiger partial charge in [0.1, 0.15) is 11.6 Å². The Hall–Kier alpha value is -2.87. The smallest absolute Gasteiger partial charge is 0.218 e. The number of H-pyrrole nitrogens is 1.